The molecule has 0 saturated carbocycles. The summed E-state index contributed by atoms with van der Waals surface area (Å²) in [6.45, 7) is 10.9. The maximum atomic E-state index is 8.71. The molecule has 0 fully saturated rings. The van der Waals surface area contributed by atoms with Crippen LogP contribution in [0.25, 0.3) is 0 Å². The Balaban J connectivity index is 3.10. The second kappa shape index (κ2) is 5.51. The third kappa shape index (κ3) is 3.40. The highest BCUT2D eigenvalue weighted by Crippen LogP contribution is 2.29. The molecule has 106 valence electrons. The van der Waals surface area contributed by atoms with Gasteiger partial charge in [-0.05, 0) is 43.0 Å². The lowest BCUT2D eigenvalue weighted by atomic mass is 9.86. The van der Waals surface area contributed by atoms with E-state index in [0.29, 0.717) is 6.04 Å². The Bertz CT molecular complexity index is 475. The summed E-state index contributed by atoms with van der Waals surface area (Å²) in [6, 6.07) is 6.24. The summed E-state index contributed by atoms with van der Waals surface area (Å²) in [7, 11) is 2.10. The molecule has 1 aromatic rings. The van der Waals surface area contributed by atoms with Gasteiger partial charge in [-0.25, -0.2) is 0 Å². The van der Waals surface area contributed by atoms with Crippen LogP contribution in [-0.2, 0) is 0 Å². The Morgan fingerprint density at radius 3 is 2.37 bits per heavy atom. The molecular formula is C15H25N3O. The molecule has 0 aromatic heterocycles. The van der Waals surface area contributed by atoms with Gasteiger partial charge in [0.25, 0.3) is 0 Å². The summed E-state index contributed by atoms with van der Waals surface area (Å²) in [5, 5.41) is 11.7. The van der Waals surface area contributed by atoms with Crippen LogP contribution in [0.2, 0.25) is 0 Å². The molecule has 0 amide bonds. The van der Waals surface area contributed by atoms with Crippen LogP contribution in [0.4, 0.5) is 5.69 Å². The fraction of sp³-hybridized carbons (Fsp3) is 0.533. The largest absolute Gasteiger partial charge is 0.409 e. The molecule has 3 N–H and O–H groups in total. The smallest absolute Gasteiger partial charge is 0.170 e. The fourth-order valence-electron chi connectivity index (χ4n) is 2.06. The number of anilines is 1. The molecule has 0 bridgehead atoms. The number of amidine groups is 1. The van der Waals surface area contributed by atoms with Crippen LogP contribution in [0.3, 0.4) is 0 Å². The zero-order valence-electron chi connectivity index (χ0n) is 12.7. The molecule has 1 unspecified atom stereocenters. The highest BCUT2D eigenvalue weighted by Gasteiger charge is 2.24. The van der Waals surface area contributed by atoms with E-state index in [2.05, 4.69) is 44.8 Å². The molecule has 0 saturated heterocycles. The zero-order chi connectivity index (χ0) is 14.8. The van der Waals surface area contributed by atoms with Crippen molar-refractivity contribution < 1.29 is 5.21 Å². The average Bonchev–Trinajstić information content (AvgIpc) is 2.34. The quantitative estimate of drug-likeness (QED) is 0.381. The highest BCUT2D eigenvalue weighted by atomic mass is 16.4. The van der Waals surface area contributed by atoms with Crippen molar-refractivity contribution in [3.05, 3.63) is 29.3 Å². The Labute approximate surface area is 115 Å². The minimum absolute atomic E-state index is 0.140. The molecule has 0 spiro atoms. The summed E-state index contributed by atoms with van der Waals surface area (Å²) >= 11 is 0. The first-order valence-electron chi connectivity index (χ1n) is 6.50. The van der Waals surface area contributed by atoms with Gasteiger partial charge in [0.2, 0.25) is 0 Å². The van der Waals surface area contributed by atoms with E-state index in [-0.39, 0.29) is 11.3 Å². The van der Waals surface area contributed by atoms with Crippen molar-refractivity contribution in [1.82, 2.24) is 0 Å². The second-order valence-corrected chi connectivity index (χ2v) is 6.14. The van der Waals surface area contributed by atoms with Gasteiger partial charge < -0.3 is 15.8 Å². The molecule has 1 atom stereocenters. The molecule has 4 nitrogen and oxygen atoms in total. The van der Waals surface area contributed by atoms with Crippen LogP contribution in [0, 0.1) is 12.3 Å². The van der Waals surface area contributed by atoms with Crippen molar-refractivity contribution in [3.8, 4) is 0 Å². The summed E-state index contributed by atoms with van der Waals surface area (Å²) in [5.74, 6) is 0.140. The number of nitrogens with zero attached hydrogens (tertiary/aromatic N) is 2. The van der Waals surface area contributed by atoms with Crippen LogP contribution < -0.4 is 10.6 Å². The third-order valence-corrected chi connectivity index (χ3v) is 3.81. The SMILES string of the molecule is Cc1cc(/C(N)=N/O)ccc1N(C)C(C)C(C)(C)C. The fourth-order valence-corrected chi connectivity index (χ4v) is 2.06. The van der Waals surface area contributed by atoms with Crippen LogP contribution >= 0.6 is 0 Å². The number of benzene rings is 1. The molecule has 0 aliphatic rings. The van der Waals surface area contributed by atoms with E-state index in [0.717, 1.165) is 16.8 Å². The topological polar surface area (TPSA) is 61.9 Å². The molecule has 0 aliphatic heterocycles. The number of aryl methyl sites for hydroxylation is 1. The average molecular weight is 263 g/mol. The van der Waals surface area contributed by atoms with Crippen molar-refractivity contribution in [2.45, 2.75) is 40.7 Å². The van der Waals surface area contributed by atoms with E-state index in [9.17, 15) is 0 Å². The molecule has 0 aliphatic carbocycles. The first-order valence-corrected chi connectivity index (χ1v) is 6.50. The lowest BCUT2D eigenvalue weighted by Crippen LogP contribution is -2.39. The van der Waals surface area contributed by atoms with E-state index in [1.54, 1.807) is 0 Å². The second-order valence-electron chi connectivity index (χ2n) is 6.14. The van der Waals surface area contributed by atoms with Gasteiger partial charge >= 0.3 is 0 Å². The standard InChI is InChI=1S/C15H25N3O/c1-10-9-12(14(16)17-19)7-8-13(10)18(6)11(2)15(3,4)5/h7-9,11,19H,1-6H3,(H2,16,17). The van der Waals surface area contributed by atoms with Gasteiger partial charge in [-0.1, -0.05) is 25.9 Å². The third-order valence-electron chi connectivity index (χ3n) is 3.81. The van der Waals surface area contributed by atoms with Crippen molar-refractivity contribution in [2.75, 3.05) is 11.9 Å². The van der Waals surface area contributed by atoms with E-state index < -0.39 is 0 Å². The van der Waals surface area contributed by atoms with E-state index in [4.69, 9.17) is 10.9 Å². The molecule has 0 heterocycles. The summed E-state index contributed by atoms with van der Waals surface area (Å²) in [5.41, 5.74) is 8.82. The molecule has 1 rings (SSSR count). The van der Waals surface area contributed by atoms with Crippen LogP contribution in [0.1, 0.15) is 38.8 Å². The van der Waals surface area contributed by atoms with Crippen LogP contribution in [-0.4, -0.2) is 24.1 Å². The van der Waals surface area contributed by atoms with Crippen molar-refractivity contribution >= 4 is 11.5 Å². The summed E-state index contributed by atoms with van der Waals surface area (Å²) < 4.78 is 0. The number of hydrogen-bond acceptors (Lipinski definition) is 3. The van der Waals surface area contributed by atoms with E-state index in [1.807, 2.05) is 25.1 Å². The Hall–Kier alpha value is -1.71. The van der Waals surface area contributed by atoms with Gasteiger partial charge in [0, 0.05) is 24.3 Å². The Kier molecular flexibility index (Phi) is 4.45. The maximum absolute atomic E-state index is 8.71. The predicted molar refractivity (Wildman–Crippen MR) is 81.0 cm³/mol. The van der Waals surface area contributed by atoms with Crippen LogP contribution in [0.5, 0.6) is 0 Å². The predicted octanol–water partition coefficient (Wildman–Crippen LogP) is 2.96. The van der Waals surface area contributed by atoms with Gasteiger partial charge in [-0.2, -0.15) is 0 Å². The highest BCUT2D eigenvalue weighted by molar-refractivity contribution is 5.97. The van der Waals surface area contributed by atoms with Gasteiger partial charge in [0.15, 0.2) is 5.84 Å². The first kappa shape index (κ1) is 15.3. The number of oxime groups is 1. The number of nitrogens with two attached hydrogens (primary N) is 1. The van der Waals surface area contributed by atoms with E-state index in [1.165, 1.54) is 0 Å². The molecule has 4 heteroatoms. The maximum Gasteiger partial charge on any atom is 0.170 e. The normalized spacial score (nSPS) is 14.3. The minimum atomic E-state index is 0.140. The number of hydrogen-bond donors (Lipinski definition) is 2. The van der Waals surface area contributed by atoms with Gasteiger partial charge in [0.1, 0.15) is 0 Å². The summed E-state index contributed by atoms with van der Waals surface area (Å²) in [4.78, 5) is 2.27. The lowest BCUT2D eigenvalue weighted by molar-refractivity contribution is 0.318. The van der Waals surface area contributed by atoms with Crippen molar-refractivity contribution in [2.24, 2.45) is 16.3 Å². The number of rotatable bonds is 3. The monoisotopic (exact) mass is 263 g/mol. The van der Waals surface area contributed by atoms with Crippen molar-refractivity contribution in [3.63, 3.8) is 0 Å². The van der Waals surface area contributed by atoms with Gasteiger partial charge in [-0.15, -0.1) is 0 Å². The van der Waals surface area contributed by atoms with Gasteiger partial charge in [-0.3, -0.25) is 0 Å². The Morgan fingerprint density at radius 2 is 1.95 bits per heavy atom. The molecule has 19 heavy (non-hydrogen) atoms. The molecule has 0 radical (unpaired) electrons. The lowest BCUT2D eigenvalue weighted by Gasteiger charge is -2.37. The molecule has 1 aromatic carbocycles. The van der Waals surface area contributed by atoms with Crippen molar-refractivity contribution in [1.29, 1.82) is 0 Å². The Morgan fingerprint density at radius 1 is 1.37 bits per heavy atom. The first-order chi connectivity index (χ1) is 8.68. The van der Waals surface area contributed by atoms with E-state index >= 15 is 0 Å². The minimum Gasteiger partial charge on any atom is -0.409 e. The van der Waals surface area contributed by atoms with Gasteiger partial charge in [0.05, 0.1) is 0 Å². The zero-order valence-corrected chi connectivity index (χ0v) is 12.7. The molecular weight excluding hydrogens is 238 g/mol. The summed E-state index contributed by atoms with van der Waals surface area (Å²) in [6.07, 6.45) is 0. The van der Waals surface area contributed by atoms with Crippen LogP contribution in [0.15, 0.2) is 23.4 Å².